The van der Waals surface area contributed by atoms with E-state index in [1.165, 1.54) is 0 Å². The van der Waals surface area contributed by atoms with Gasteiger partial charge in [0.1, 0.15) is 11.6 Å². The fourth-order valence-corrected chi connectivity index (χ4v) is 2.69. The third-order valence-electron chi connectivity index (χ3n) is 2.86. The number of rotatable bonds is 7. The van der Waals surface area contributed by atoms with E-state index in [9.17, 15) is 14.4 Å². The van der Waals surface area contributed by atoms with Crippen molar-refractivity contribution >= 4 is 28.9 Å². The molecule has 0 aliphatic heterocycles. The Kier molecular flexibility index (Phi) is 8.48. The predicted octanol–water partition coefficient (Wildman–Crippen LogP) is 2.95. The van der Waals surface area contributed by atoms with Gasteiger partial charge < -0.3 is 14.8 Å². The molecule has 0 saturated carbocycles. The molecule has 25 heavy (non-hydrogen) atoms. The summed E-state index contributed by atoms with van der Waals surface area (Å²) in [5.41, 5.74) is 0.215. The van der Waals surface area contributed by atoms with Gasteiger partial charge >= 0.3 is 12.1 Å². The van der Waals surface area contributed by atoms with Crippen LogP contribution in [0.2, 0.25) is 0 Å². The molecule has 0 bridgehead atoms. The third kappa shape index (κ3) is 9.14. The lowest BCUT2D eigenvalue weighted by Gasteiger charge is -2.22. The third-order valence-corrected chi connectivity index (χ3v) is 3.83. The van der Waals surface area contributed by atoms with Gasteiger partial charge in [0.2, 0.25) is 0 Å². The van der Waals surface area contributed by atoms with Gasteiger partial charge in [0.05, 0.1) is 6.61 Å². The van der Waals surface area contributed by atoms with Crippen LogP contribution in [-0.2, 0) is 25.5 Å². The zero-order chi connectivity index (χ0) is 18.9. The van der Waals surface area contributed by atoms with E-state index in [0.717, 1.165) is 17.3 Å². The number of ether oxygens (including phenoxy) is 2. The van der Waals surface area contributed by atoms with Crippen molar-refractivity contribution in [2.45, 2.75) is 45.8 Å². The van der Waals surface area contributed by atoms with E-state index >= 15 is 0 Å². The van der Waals surface area contributed by atoms with Crippen LogP contribution in [0.4, 0.5) is 4.79 Å². The van der Waals surface area contributed by atoms with Crippen molar-refractivity contribution in [3.8, 4) is 0 Å². The van der Waals surface area contributed by atoms with Gasteiger partial charge in [0.15, 0.2) is 5.12 Å². The van der Waals surface area contributed by atoms with Crippen molar-refractivity contribution < 1.29 is 23.9 Å². The zero-order valence-corrected chi connectivity index (χ0v) is 15.9. The molecule has 1 aromatic carbocycles. The summed E-state index contributed by atoms with van der Waals surface area (Å²) in [5, 5.41) is 2.38. The first-order valence-corrected chi connectivity index (χ1v) is 9.05. The molecule has 0 saturated heterocycles. The minimum absolute atomic E-state index is 0.0870. The Bertz CT molecular complexity index is 583. The van der Waals surface area contributed by atoms with Crippen LogP contribution < -0.4 is 5.32 Å². The maximum absolute atomic E-state index is 12.1. The molecule has 1 amide bonds. The molecule has 7 heteroatoms. The lowest BCUT2D eigenvalue weighted by Crippen LogP contribution is -2.46. The van der Waals surface area contributed by atoms with E-state index in [0.29, 0.717) is 0 Å². The molecule has 0 radical (unpaired) electrons. The minimum atomic E-state index is -0.945. The van der Waals surface area contributed by atoms with Crippen LogP contribution in [-0.4, -0.2) is 41.2 Å². The lowest BCUT2D eigenvalue weighted by molar-refractivity contribution is -0.144. The fraction of sp³-hybridized carbons (Fsp3) is 0.500. The van der Waals surface area contributed by atoms with Crippen LogP contribution in [0.3, 0.4) is 0 Å². The Morgan fingerprint density at radius 1 is 1.16 bits per heavy atom. The Hall–Kier alpha value is -2.02. The fourth-order valence-electron chi connectivity index (χ4n) is 1.85. The number of carbonyl (C=O) groups excluding carboxylic acids is 3. The molecule has 0 aromatic heterocycles. The molecule has 0 aliphatic carbocycles. The van der Waals surface area contributed by atoms with Crippen molar-refractivity contribution in [2.24, 2.45) is 0 Å². The summed E-state index contributed by atoms with van der Waals surface area (Å²) in [4.78, 5) is 36.0. The standard InChI is InChI=1S/C18H25NO5S/c1-5-23-16(21)14(19-17(22)24-18(2,3)4)12-25-15(20)11-13-9-7-6-8-10-13/h6-10,14H,5,11-12H2,1-4H3,(H,19,22). The summed E-state index contributed by atoms with van der Waals surface area (Å²) in [6.45, 7) is 7.04. The Morgan fingerprint density at radius 3 is 2.36 bits per heavy atom. The second-order valence-corrected chi connectivity index (χ2v) is 7.37. The largest absolute Gasteiger partial charge is 0.464 e. The van der Waals surface area contributed by atoms with E-state index in [1.807, 2.05) is 30.3 Å². The highest BCUT2D eigenvalue weighted by Crippen LogP contribution is 2.12. The molecular weight excluding hydrogens is 342 g/mol. The molecule has 0 aliphatic rings. The van der Waals surface area contributed by atoms with Crippen LogP contribution in [0.15, 0.2) is 30.3 Å². The van der Waals surface area contributed by atoms with E-state index in [1.54, 1.807) is 27.7 Å². The Morgan fingerprint density at radius 2 is 1.80 bits per heavy atom. The van der Waals surface area contributed by atoms with E-state index in [-0.39, 0.29) is 23.9 Å². The molecule has 1 atom stereocenters. The smallest absolute Gasteiger partial charge is 0.408 e. The SMILES string of the molecule is CCOC(=O)C(CSC(=O)Cc1ccccc1)NC(=O)OC(C)(C)C. The van der Waals surface area contributed by atoms with Gasteiger partial charge in [-0.25, -0.2) is 9.59 Å². The highest BCUT2D eigenvalue weighted by atomic mass is 32.2. The molecule has 1 unspecified atom stereocenters. The Balaban J connectivity index is 2.59. The monoisotopic (exact) mass is 367 g/mol. The molecule has 1 aromatic rings. The average Bonchev–Trinajstić information content (AvgIpc) is 2.50. The van der Waals surface area contributed by atoms with Crippen LogP contribution in [0.1, 0.15) is 33.3 Å². The van der Waals surface area contributed by atoms with Gasteiger partial charge in [0.25, 0.3) is 0 Å². The van der Waals surface area contributed by atoms with Crippen molar-refractivity contribution in [2.75, 3.05) is 12.4 Å². The van der Waals surface area contributed by atoms with Crippen molar-refractivity contribution in [3.63, 3.8) is 0 Å². The number of amides is 1. The number of esters is 1. The summed E-state index contributed by atoms with van der Waals surface area (Å²) in [6.07, 6.45) is -0.463. The number of alkyl carbamates (subject to hydrolysis) is 1. The first-order chi connectivity index (χ1) is 11.7. The van der Waals surface area contributed by atoms with Gasteiger partial charge in [-0.1, -0.05) is 42.1 Å². The van der Waals surface area contributed by atoms with Gasteiger partial charge in [-0.2, -0.15) is 0 Å². The van der Waals surface area contributed by atoms with Crippen molar-refractivity contribution in [1.29, 1.82) is 0 Å². The number of carbonyl (C=O) groups is 3. The highest BCUT2D eigenvalue weighted by Gasteiger charge is 2.26. The summed E-state index contributed by atoms with van der Waals surface area (Å²) in [6, 6.07) is 8.38. The molecular formula is C18H25NO5S. The average molecular weight is 367 g/mol. The topological polar surface area (TPSA) is 81.7 Å². The number of benzene rings is 1. The van der Waals surface area contributed by atoms with Gasteiger partial charge in [-0.3, -0.25) is 4.79 Å². The van der Waals surface area contributed by atoms with Gasteiger partial charge in [-0.05, 0) is 33.3 Å². The van der Waals surface area contributed by atoms with E-state index in [4.69, 9.17) is 9.47 Å². The van der Waals surface area contributed by atoms with E-state index < -0.39 is 23.7 Å². The normalized spacial score (nSPS) is 12.2. The second kappa shape index (κ2) is 10.1. The summed E-state index contributed by atoms with van der Waals surface area (Å²) < 4.78 is 10.1. The zero-order valence-electron chi connectivity index (χ0n) is 15.0. The molecule has 0 heterocycles. The lowest BCUT2D eigenvalue weighted by atomic mass is 10.2. The number of hydrogen-bond donors (Lipinski definition) is 1. The number of nitrogens with one attached hydrogen (secondary N) is 1. The van der Waals surface area contributed by atoms with Crippen molar-refractivity contribution in [1.82, 2.24) is 5.32 Å². The molecule has 138 valence electrons. The van der Waals surface area contributed by atoms with Crippen LogP contribution in [0.25, 0.3) is 0 Å². The van der Waals surface area contributed by atoms with Gasteiger partial charge in [-0.15, -0.1) is 0 Å². The predicted molar refractivity (Wildman–Crippen MR) is 97.4 cm³/mol. The highest BCUT2D eigenvalue weighted by molar-refractivity contribution is 8.13. The Labute approximate surface area is 152 Å². The van der Waals surface area contributed by atoms with Crippen LogP contribution in [0, 0.1) is 0 Å². The maximum Gasteiger partial charge on any atom is 0.408 e. The molecule has 6 nitrogen and oxygen atoms in total. The summed E-state index contributed by atoms with van der Waals surface area (Å²) in [7, 11) is 0. The molecule has 0 spiro atoms. The number of hydrogen-bond acceptors (Lipinski definition) is 6. The maximum atomic E-state index is 12.1. The first kappa shape index (κ1) is 21.0. The van der Waals surface area contributed by atoms with Crippen LogP contribution >= 0.6 is 11.8 Å². The summed E-state index contributed by atoms with van der Waals surface area (Å²) >= 11 is 0.983. The van der Waals surface area contributed by atoms with Crippen molar-refractivity contribution in [3.05, 3.63) is 35.9 Å². The quantitative estimate of drug-likeness (QED) is 0.746. The molecule has 1 rings (SSSR count). The molecule has 1 N–H and O–H groups in total. The summed E-state index contributed by atoms with van der Waals surface area (Å²) in [5.74, 6) is -0.502. The van der Waals surface area contributed by atoms with E-state index in [2.05, 4.69) is 5.32 Å². The first-order valence-electron chi connectivity index (χ1n) is 8.07. The minimum Gasteiger partial charge on any atom is -0.464 e. The second-order valence-electron chi connectivity index (χ2n) is 6.30. The van der Waals surface area contributed by atoms with Gasteiger partial charge in [0, 0.05) is 12.2 Å². The van der Waals surface area contributed by atoms with Crippen LogP contribution in [0.5, 0.6) is 0 Å². The molecule has 0 fully saturated rings. The number of thioether (sulfide) groups is 1.